The Hall–Kier alpha value is -2.04. The van der Waals surface area contributed by atoms with Gasteiger partial charge in [0.25, 0.3) is 0 Å². The maximum Gasteiger partial charge on any atom is 0.157 e. The molecule has 2 heterocycles. The van der Waals surface area contributed by atoms with E-state index in [9.17, 15) is 15.3 Å². The van der Waals surface area contributed by atoms with Crippen LogP contribution in [0.5, 0.6) is 11.5 Å². The number of aromatic hydroxyl groups is 2. The third kappa shape index (κ3) is 2.48. The van der Waals surface area contributed by atoms with Crippen molar-refractivity contribution < 1.29 is 15.3 Å². The number of aliphatic hydroxyl groups is 1. The number of aliphatic hydroxyl groups excluding tert-OH is 1. The number of fused-ring (bicyclic) bond motifs is 3. The molecule has 1 saturated heterocycles. The van der Waals surface area contributed by atoms with Crippen molar-refractivity contribution in [3.05, 3.63) is 59.2 Å². The molecule has 0 aliphatic carbocycles. The Morgan fingerprint density at radius 3 is 2.39 bits per heavy atom. The van der Waals surface area contributed by atoms with Gasteiger partial charge in [-0.05, 0) is 48.1 Å². The number of rotatable bonds is 1. The first-order valence-corrected chi connectivity index (χ1v) is 8.17. The van der Waals surface area contributed by atoms with Crippen molar-refractivity contribution >= 4 is 0 Å². The van der Waals surface area contributed by atoms with Crippen LogP contribution in [0.1, 0.15) is 41.6 Å². The summed E-state index contributed by atoms with van der Waals surface area (Å²) < 4.78 is 0. The van der Waals surface area contributed by atoms with E-state index in [-0.39, 0.29) is 29.7 Å². The lowest BCUT2D eigenvalue weighted by atomic mass is 9.81. The SMILES string of the molecule is Oc1cc2c(cc1O)[C@@H]1C[C@@H](O)C[C@@H](c3ccccc3)N1CC2. The summed E-state index contributed by atoms with van der Waals surface area (Å²) in [5.41, 5.74) is 3.33. The molecule has 0 radical (unpaired) electrons. The van der Waals surface area contributed by atoms with Crippen LogP contribution in [-0.2, 0) is 6.42 Å². The van der Waals surface area contributed by atoms with Crippen molar-refractivity contribution in [2.24, 2.45) is 0 Å². The molecule has 3 N–H and O–H groups in total. The van der Waals surface area contributed by atoms with Crippen molar-refractivity contribution in [1.82, 2.24) is 4.90 Å². The van der Waals surface area contributed by atoms with Crippen molar-refractivity contribution in [3.63, 3.8) is 0 Å². The van der Waals surface area contributed by atoms with E-state index in [4.69, 9.17) is 0 Å². The maximum absolute atomic E-state index is 10.4. The molecule has 0 amide bonds. The van der Waals surface area contributed by atoms with E-state index in [1.807, 2.05) is 18.2 Å². The minimum atomic E-state index is -0.358. The summed E-state index contributed by atoms with van der Waals surface area (Å²) in [6.45, 7) is 0.897. The zero-order chi connectivity index (χ0) is 16.0. The lowest BCUT2D eigenvalue weighted by Crippen LogP contribution is -2.44. The molecule has 2 aromatic rings. The highest BCUT2D eigenvalue weighted by Crippen LogP contribution is 2.46. The first kappa shape index (κ1) is 14.5. The molecule has 4 nitrogen and oxygen atoms in total. The van der Waals surface area contributed by atoms with Crippen LogP contribution in [0, 0.1) is 0 Å². The van der Waals surface area contributed by atoms with Crippen molar-refractivity contribution in [3.8, 4) is 11.5 Å². The second-order valence-electron chi connectivity index (χ2n) is 6.60. The van der Waals surface area contributed by atoms with Gasteiger partial charge in [-0.15, -0.1) is 0 Å². The summed E-state index contributed by atoms with van der Waals surface area (Å²) in [5, 5.41) is 30.0. The van der Waals surface area contributed by atoms with Crippen LogP contribution >= 0.6 is 0 Å². The molecule has 2 aliphatic heterocycles. The molecule has 0 aromatic heterocycles. The quantitative estimate of drug-likeness (QED) is 0.709. The minimum Gasteiger partial charge on any atom is -0.504 e. The average molecular weight is 311 g/mol. The van der Waals surface area contributed by atoms with Gasteiger partial charge in [-0.25, -0.2) is 0 Å². The van der Waals surface area contributed by atoms with Gasteiger partial charge >= 0.3 is 0 Å². The zero-order valence-electron chi connectivity index (χ0n) is 12.9. The van der Waals surface area contributed by atoms with E-state index in [0.29, 0.717) is 6.42 Å². The normalized spacial score (nSPS) is 27.3. The van der Waals surface area contributed by atoms with E-state index in [1.165, 1.54) is 5.56 Å². The third-order valence-electron chi connectivity index (χ3n) is 5.21. The zero-order valence-corrected chi connectivity index (χ0v) is 12.9. The van der Waals surface area contributed by atoms with Crippen LogP contribution in [0.2, 0.25) is 0 Å². The largest absolute Gasteiger partial charge is 0.504 e. The van der Waals surface area contributed by atoms with Gasteiger partial charge in [-0.3, -0.25) is 4.90 Å². The molecule has 2 aliphatic rings. The van der Waals surface area contributed by atoms with Crippen LogP contribution in [0.3, 0.4) is 0 Å². The van der Waals surface area contributed by atoms with Crippen LogP contribution in [0.25, 0.3) is 0 Å². The van der Waals surface area contributed by atoms with Gasteiger partial charge in [0, 0.05) is 18.6 Å². The van der Waals surface area contributed by atoms with Gasteiger partial charge in [0.15, 0.2) is 11.5 Å². The summed E-state index contributed by atoms with van der Waals surface area (Å²) >= 11 is 0. The van der Waals surface area contributed by atoms with Crippen LogP contribution < -0.4 is 0 Å². The third-order valence-corrected chi connectivity index (χ3v) is 5.21. The Morgan fingerprint density at radius 1 is 0.913 bits per heavy atom. The number of hydrogen-bond acceptors (Lipinski definition) is 4. The number of benzene rings is 2. The average Bonchev–Trinajstić information content (AvgIpc) is 2.56. The maximum atomic E-state index is 10.4. The Morgan fingerprint density at radius 2 is 1.61 bits per heavy atom. The molecule has 0 saturated carbocycles. The van der Waals surface area contributed by atoms with E-state index in [1.54, 1.807) is 12.1 Å². The molecule has 3 atom stereocenters. The number of phenols is 2. The molecule has 23 heavy (non-hydrogen) atoms. The summed E-state index contributed by atoms with van der Waals surface area (Å²) in [5.74, 6) is -0.143. The smallest absolute Gasteiger partial charge is 0.157 e. The summed E-state index contributed by atoms with van der Waals surface area (Å²) in [4.78, 5) is 2.43. The predicted molar refractivity (Wildman–Crippen MR) is 87.3 cm³/mol. The van der Waals surface area contributed by atoms with Crippen molar-refractivity contribution in [2.45, 2.75) is 37.5 Å². The Labute approximate surface area is 135 Å². The molecule has 0 spiro atoms. The summed E-state index contributed by atoms with van der Waals surface area (Å²) in [6, 6.07) is 13.9. The Bertz CT molecular complexity index is 716. The fourth-order valence-electron chi connectivity index (χ4n) is 4.13. The van der Waals surface area contributed by atoms with Crippen LogP contribution in [0.15, 0.2) is 42.5 Å². The van der Waals surface area contributed by atoms with Gasteiger partial charge in [0.2, 0.25) is 0 Å². The van der Waals surface area contributed by atoms with E-state index < -0.39 is 0 Å². The van der Waals surface area contributed by atoms with Gasteiger partial charge in [-0.1, -0.05) is 30.3 Å². The van der Waals surface area contributed by atoms with Crippen molar-refractivity contribution in [2.75, 3.05) is 6.54 Å². The van der Waals surface area contributed by atoms with Gasteiger partial charge < -0.3 is 15.3 Å². The van der Waals surface area contributed by atoms with E-state index in [2.05, 4.69) is 17.0 Å². The second kappa shape index (κ2) is 5.55. The lowest BCUT2D eigenvalue weighted by Gasteiger charge is -2.47. The topological polar surface area (TPSA) is 63.9 Å². The summed E-state index contributed by atoms with van der Waals surface area (Å²) in [7, 11) is 0. The number of piperidine rings is 1. The molecular weight excluding hydrogens is 290 g/mol. The van der Waals surface area contributed by atoms with Gasteiger partial charge in [0.1, 0.15) is 0 Å². The van der Waals surface area contributed by atoms with E-state index in [0.717, 1.165) is 30.5 Å². The van der Waals surface area contributed by atoms with Gasteiger partial charge in [0.05, 0.1) is 6.10 Å². The monoisotopic (exact) mass is 311 g/mol. The van der Waals surface area contributed by atoms with E-state index >= 15 is 0 Å². The molecule has 2 aromatic carbocycles. The Balaban J connectivity index is 1.75. The lowest BCUT2D eigenvalue weighted by molar-refractivity contribution is -0.00685. The first-order valence-electron chi connectivity index (χ1n) is 8.17. The number of hydrogen-bond donors (Lipinski definition) is 3. The van der Waals surface area contributed by atoms with Crippen LogP contribution in [0.4, 0.5) is 0 Å². The predicted octanol–water partition coefficient (Wildman–Crippen LogP) is 2.89. The first-order chi connectivity index (χ1) is 11.1. The molecular formula is C19H21NO3. The fraction of sp³-hybridized carbons (Fsp3) is 0.368. The second-order valence-corrected chi connectivity index (χ2v) is 6.60. The molecule has 4 rings (SSSR count). The number of nitrogens with zero attached hydrogens (tertiary/aromatic N) is 1. The van der Waals surface area contributed by atoms with Gasteiger partial charge in [-0.2, -0.15) is 0 Å². The molecule has 0 unspecified atom stereocenters. The molecule has 120 valence electrons. The summed E-state index contributed by atoms with van der Waals surface area (Å²) in [6.07, 6.45) is 1.89. The van der Waals surface area contributed by atoms with Crippen molar-refractivity contribution in [1.29, 1.82) is 0 Å². The molecule has 4 heteroatoms. The fourth-order valence-corrected chi connectivity index (χ4v) is 4.13. The highest BCUT2D eigenvalue weighted by molar-refractivity contribution is 5.48. The highest BCUT2D eigenvalue weighted by Gasteiger charge is 2.39. The molecule has 1 fully saturated rings. The number of phenolic OH excluding ortho intramolecular Hbond substituents is 2. The van der Waals surface area contributed by atoms with Crippen LogP contribution in [-0.4, -0.2) is 32.9 Å². The molecule has 0 bridgehead atoms. The highest BCUT2D eigenvalue weighted by atomic mass is 16.3. The minimum absolute atomic E-state index is 0.0619. The standard InChI is InChI=1S/C19H21NO3/c21-14-9-16(12-4-2-1-3-5-12)20-7-6-13-8-18(22)19(23)11-15(13)17(20)10-14/h1-5,8,11,14,16-17,21-23H,6-7,9-10H2/t14-,16-,17-/m0/s1. The Kier molecular flexibility index (Phi) is 3.51.